The summed E-state index contributed by atoms with van der Waals surface area (Å²) >= 11 is 0. The maximum atomic E-state index is 11.2. The lowest BCUT2D eigenvalue weighted by Gasteiger charge is -2.34. The molecule has 0 atom stereocenters. The van der Waals surface area contributed by atoms with Gasteiger partial charge in [0.05, 0.1) is 11.6 Å². The third-order valence-electron chi connectivity index (χ3n) is 3.48. The summed E-state index contributed by atoms with van der Waals surface area (Å²) in [4.78, 5) is 15.4. The van der Waals surface area contributed by atoms with Gasteiger partial charge in [0.1, 0.15) is 12.4 Å². The van der Waals surface area contributed by atoms with E-state index in [4.69, 9.17) is 10.00 Å². The summed E-state index contributed by atoms with van der Waals surface area (Å²) in [6, 6.07) is 9.20. The van der Waals surface area contributed by atoms with Crippen LogP contribution in [-0.4, -0.2) is 55.0 Å². The molecule has 0 saturated carbocycles. The Morgan fingerprint density at radius 1 is 1.25 bits per heavy atom. The van der Waals surface area contributed by atoms with E-state index in [0.717, 1.165) is 38.5 Å². The summed E-state index contributed by atoms with van der Waals surface area (Å²) in [5, 5.41) is 8.71. The van der Waals surface area contributed by atoms with E-state index in [1.54, 1.807) is 19.1 Å². The molecule has 1 aliphatic rings. The van der Waals surface area contributed by atoms with Gasteiger partial charge in [-0.05, 0) is 24.3 Å². The van der Waals surface area contributed by atoms with Gasteiger partial charge in [-0.25, -0.2) is 0 Å². The summed E-state index contributed by atoms with van der Waals surface area (Å²) in [6.07, 6.45) is 0. The summed E-state index contributed by atoms with van der Waals surface area (Å²) in [5.41, 5.74) is 0.637. The average molecular weight is 273 g/mol. The van der Waals surface area contributed by atoms with Crippen LogP contribution in [0.5, 0.6) is 5.75 Å². The standard InChI is InChI=1S/C15H19N3O2/c1-13(19)18-8-6-17(7-9-18)10-11-20-15-4-2-14(12-16)3-5-15/h2-5H,6-11H2,1H3. The molecule has 0 bridgehead atoms. The van der Waals surface area contributed by atoms with Crippen LogP contribution >= 0.6 is 0 Å². The van der Waals surface area contributed by atoms with Crippen molar-refractivity contribution < 1.29 is 9.53 Å². The summed E-state index contributed by atoms with van der Waals surface area (Å²) in [5.74, 6) is 0.935. The molecule has 0 spiro atoms. The van der Waals surface area contributed by atoms with Gasteiger partial charge in [-0.1, -0.05) is 0 Å². The predicted octanol–water partition coefficient (Wildman–Crippen LogP) is 1.10. The summed E-state index contributed by atoms with van der Waals surface area (Å²) in [6.45, 7) is 6.48. The maximum Gasteiger partial charge on any atom is 0.219 e. The van der Waals surface area contributed by atoms with Crippen LogP contribution in [0.15, 0.2) is 24.3 Å². The molecule has 0 unspecified atom stereocenters. The molecule has 1 aromatic carbocycles. The molecule has 5 nitrogen and oxygen atoms in total. The summed E-state index contributed by atoms with van der Waals surface area (Å²) < 4.78 is 5.65. The molecule has 1 fully saturated rings. The smallest absolute Gasteiger partial charge is 0.219 e. The first kappa shape index (κ1) is 14.4. The molecule has 0 aliphatic carbocycles. The molecule has 0 N–H and O–H groups in total. The molecule has 2 rings (SSSR count). The van der Waals surface area contributed by atoms with E-state index in [2.05, 4.69) is 11.0 Å². The largest absolute Gasteiger partial charge is 0.492 e. The number of rotatable bonds is 4. The normalized spacial score (nSPS) is 15.7. The molecule has 0 radical (unpaired) electrons. The lowest BCUT2D eigenvalue weighted by atomic mass is 10.2. The highest BCUT2D eigenvalue weighted by atomic mass is 16.5. The highest BCUT2D eigenvalue weighted by Crippen LogP contribution is 2.11. The van der Waals surface area contributed by atoms with Gasteiger partial charge in [0, 0.05) is 39.6 Å². The van der Waals surface area contributed by atoms with Gasteiger partial charge in [-0.3, -0.25) is 9.69 Å². The van der Waals surface area contributed by atoms with Crippen molar-refractivity contribution in [1.29, 1.82) is 5.26 Å². The Labute approximate surface area is 119 Å². The van der Waals surface area contributed by atoms with E-state index in [1.165, 1.54) is 0 Å². The number of carbonyl (C=O) groups excluding carboxylic acids is 1. The molecule has 1 aliphatic heterocycles. The first-order valence-electron chi connectivity index (χ1n) is 6.80. The van der Waals surface area contributed by atoms with Crippen molar-refractivity contribution in [3.05, 3.63) is 29.8 Å². The van der Waals surface area contributed by atoms with Gasteiger partial charge in [0.2, 0.25) is 5.91 Å². The minimum absolute atomic E-state index is 0.151. The third kappa shape index (κ3) is 3.97. The Kier molecular flexibility index (Phi) is 4.97. The Hall–Kier alpha value is -2.06. The van der Waals surface area contributed by atoms with Crippen LogP contribution in [0.2, 0.25) is 0 Å². The van der Waals surface area contributed by atoms with E-state index in [-0.39, 0.29) is 5.91 Å². The van der Waals surface area contributed by atoms with Crippen LogP contribution in [0.1, 0.15) is 12.5 Å². The van der Waals surface area contributed by atoms with E-state index >= 15 is 0 Å². The van der Waals surface area contributed by atoms with Gasteiger partial charge in [-0.2, -0.15) is 5.26 Å². The number of carbonyl (C=O) groups is 1. The second-order valence-electron chi connectivity index (χ2n) is 4.83. The van der Waals surface area contributed by atoms with Crippen molar-refractivity contribution in [1.82, 2.24) is 9.80 Å². The van der Waals surface area contributed by atoms with Crippen molar-refractivity contribution in [2.45, 2.75) is 6.92 Å². The highest BCUT2D eigenvalue weighted by molar-refractivity contribution is 5.73. The zero-order valence-electron chi connectivity index (χ0n) is 11.7. The van der Waals surface area contributed by atoms with E-state index in [0.29, 0.717) is 12.2 Å². The van der Waals surface area contributed by atoms with E-state index in [1.807, 2.05) is 17.0 Å². The summed E-state index contributed by atoms with van der Waals surface area (Å²) in [7, 11) is 0. The van der Waals surface area contributed by atoms with Crippen molar-refractivity contribution in [2.24, 2.45) is 0 Å². The fourth-order valence-corrected chi connectivity index (χ4v) is 2.20. The Balaban J connectivity index is 1.69. The Bertz CT molecular complexity index is 485. The SMILES string of the molecule is CC(=O)N1CCN(CCOc2ccc(C#N)cc2)CC1. The number of hydrogen-bond donors (Lipinski definition) is 0. The monoisotopic (exact) mass is 273 g/mol. The van der Waals surface area contributed by atoms with Crippen LogP contribution in [0.3, 0.4) is 0 Å². The zero-order chi connectivity index (χ0) is 14.4. The number of hydrogen-bond acceptors (Lipinski definition) is 4. The molecule has 1 heterocycles. The van der Waals surface area contributed by atoms with Gasteiger partial charge >= 0.3 is 0 Å². The fraction of sp³-hybridized carbons (Fsp3) is 0.467. The molecular formula is C15H19N3O2. The lowest BCUT2D eigenvalue weighted by Crippen LogP contribution is -2.48. The number of nitrogens with zero attached hydrogens (tertiary/aromatic N) is 3. The molecule has 5 heteroatoms. The second kappa shape index (κ2) is 6.92. The number of ether oxygens (including phenoxy) is 1. The molecule has 1 aromatic rings. The van der Waals surface area contributed by atoms with Gasteiger partial charge in [0.25, 0.3) is 0 Å². The average Bonchev–Trinajstić information content (AvgIpc) is 2.48. The molecule has 106 valence electrons. The van der Waals surface area contributed by atoms with Gasteiger partial charge in [0.15, 0.2) is 0 Å². The van der Waals surface area contributed by atoms with Gasteiger partial charge < -0.3 is 9.64 Å². The third-order valence-corrected chi connectivity index (χ3v) is 3.48. The Morgan fingerprint density at radius 3 is 2.45 bits per heavy atom. The van der Waals surface area contributed by atoms with Crippen LogP contribution in [0, 0.1) is 11.3 Å². The minimum Gasteiger partial charge on any atom is -0.492 e. The number of benzene rings is 1. The van der Waals surface area contributed by atoms with Crippen LogP contribution in [-0.2, 0) is 4.79 Å². The number of nitriles is 1. The highest BCUT2D eigenvalue weighted by Gasteiger charge is 2.17. The molecule has 0 aromatic heterocycles. The minimum atomic E-state index is 0.151. The lowest BCUT2D eigenvalue weighted by molar-refractivity contribution is -0.130. The predicted molar refractivity (Wildman–Crippen MR) is 75.3 cm³/mol. The zero-order valence-corrected chi connectivity index (χ0v) is 11.7. The van der Waals surface area contributed by atoms with Crippen molar-refractivity contribution in [2.75, 3.05) is 39.3 Å². The topological polar surface area (TPSA) is 56.6 Å². The molecular weight excluding hydrogens is 254 g/mol. The van der Waals surface area contributed by atoms with E-state index < -0.39 is 0 Å². The fourth-order valence-electron chi connectivity index (χ4n) is 2.20. The van der Waals surface area contributed by atoms with Crippen molar-refractivity contribution >= 4 is 5.91 Å². The quantitative estimate of drug-likeness (QED) is 0.824. The molecule has 1 saturated heterocycles. The maximum absolute atomic E-state index is 11.2. The molecule has 1 amide bonds. The van der Waals surface area contributed by atoms with Crippen molar-refractivity contribution in [3.8, 4) is 11.8 Å². The van der Waals surface area contributed by atoms with Crippen LogP contribution in [0.4, 0.5) is 0 Å². The Morgan fingerprint density at radius 2 is 1.90 bits per heavy atom. The number of piperazine rings is 1. The first-order chi connectivity index (χ1) is 9.69. The number of amides is 1. The van der Waals surface area contributed by atoms with Crippen LogP contribution in [0.25, 0.3) is 0 Å². The van der Waals surface area contributed by atoms with Crippen molar-refractivity contribution in [3.63, 3.8) is 0 Å². The first-order valence-corrected chi connectivity index (χ1v) is 6.80. The molecule has 20 heavy (non-hydrogen) atoms. The van der Waals surface area contributed by atoms with E-state index in [9.17, 15) is 4.79 Å². The van der Waals surface area contributed by atoms with Gasteiger partial charge in [-0.15, -0.1) is 0 Å². The van der Waals surface area contributed by atoms with Crippen LogP contribution < -0.4 is 4.74 Å². The second-order valence-corrected chi connectivity index (χ2v) is 4.83.